The lowest BCUT2D eigenvalue weighted by molar-refractivity contribution is 0.0938. The van der Waals surface area contributed by atoms with Gasteiger partial charge in [0.25, 0.3) is 5.91 Å². The van der Waals surface area contributed by atoms with E-state index in [1.807, 2.05) is 6.07 Å². The van der Waals surface area contributed by atoms with E-state index in [0.717, 1.165) is 50.1 Å². The second-order valence-corrected chi connectivity index (χ2v) is 15.6. The summed E-state index contributed by atoms with van der Waals surface area (Å²) in [7, 11) is -1.97. The largest absolute Gasteiger partial charge is 0.496 e. The molecule has 2 aliphatic rings. The Bertz CT molecular complexity index is 1700. The fourth-order valence-electron chi connectivity index (χ4n) is 6.25. The van der Waals surface area contributed by atoms with E-state index >= 15 is 0 Å². The third-order valence-electron chi connectivity index (χ3n) is 9.05. The molecule has 14 heteroatoms. The van der Waals surface area contributed by atoms with E-state index in [2.05, 4.69) is 57.1 Å². The van der Waals surface area contributed by atoms with Crippen molar-refractivity contribution in [3.05, 3.63) is 59.3 Å². The van der Waals surface area contributed by atoms with Gasteiger partial charge in [0.05, 0.1) is 23.3 Å². The van der Waals surface area contributed by atoms with Gasteiger partial charge in [0.1, 0.15) is 5.75 Å². The first-order chi connectivity index (χ1) is 21.8. The number of benzene rings is 2. The minimum absolute atomic E-state index is 0.112. The van der Waals surface area contributed by atoms with Crippen LogP contribution in [0.25, 0.3) is 10.9 Å². The molecule has 1 amide bonds. The van der Waals surface area contributed by atoms with Gasteiger partial charge in [0, 0.05) is 29.7 Å². The van der Waals surface area contributed by atoms with Gasteiger partial charge < -0.3 is 19.9 Å². The van der Waals surface area contributed by atoms with Gasteiger partial charge in [-0.2, -0.15) is 0 Å². The standard InChI is InChI=1S/C17H25N3O2S.C15H23N3O4S/c1-18-23(21,22)10-7-13-3-4-17-15(11-13)16(12-19-17)14-5-8-20(2)9-6-14;1-3-18-8-4-5-11(18)10-17-15(19)13-9-12(23(16,20)21)6-7-14(13)22-2/h3-4,11-12,14,18-19H,5-10H2,1-2H3;6-7,9,11H,3-5,8,10H2,1-2H3,(H,17,19)(H2,16,20,21). The summed E-state index contributed by atoms with van der Waals surface area (Å²) >= 11 is 0. The Morgan fingerprint density at radius 3 is 2.46 bits per heavy atom. The zero-order chi connectivity index (χ0) is 33.5. The van der Waals surface area contributed by atoms with Crippen molar-refractivity contribution in [1.82, 2.24) is 24.8 Å². The van der Waals surface area contributed by atoms with Gasteiger partial charge in [-0.15, -0.1) is 0 Å². The van der Waals surface area contributed by atoms with Crippen molar-refractivity contribution in [2.45, 2.75) is 55.9 Å². The summed E-state index contributed by atoms with van der Waals surface area (Å²) in [6.45, 7) is 6.88. The average molecular weight is 677 g/mol. The Balaban J connectivity index is 0.000000209. The van der Waals surface area contributed by atoms with Crippen LogP contribution >= 0.6 is 0 Å². The number of aromatic nitrogens is 1. The normalized spacial score (nSPS) is 18.3. The van der Waals surface area contributed by atoms with Crippen LogP contribution < -0.4 is 19.9 Å². The first kappa shape index (κ1) is 35.8. The number of aromatic amines is 1. The lowest BCUT2D eigenvalue weighted by Crippen LogP contribution is -2.40. The highest BCUT2D eigenvalue weighted by molar-refractivity contribution is 7.89. The van der Waals surface area contributed by atoms with E-state index in [1.165, 1.54) is 56.1 Å². The predicted molar refractivity (Wildman–Crippen MR) is 181 cm³/mol. The molecule has 12 nitrogen and oxygen atoms in total. The molecule has 2 saturated heterocycles. The third-order valence-corrected chi connectivity index (χ3v) is 11.3. The summed E-state index contributed by atoms with van der Waals surface area (Å²) < 4.78 is 53.6. The number of sulfonamides is 2. The topological polar surface area (TPSA) is 167 Å². The number of rotatable bonds is 11. The molecule has 0 bridgehead atoms. The molecule has 0 aliphatic carbocycles. The minimum Gasteiger partial charge on any atom is -0.496 e. The number of primary sulfonamides is 1. The molecule has 0 saturated carbocycles. The van der Waals surface area contributed by atoms with Crippen LogP contribution in [0, 0.1) is 0 Å². The van der Waals surface area contributed by atoms with Gasteiger partial charge in [-0.3, -0.25) is 9.69 Å². The summed E-state index contributed by atoms with van der Waals surface area (Å²) in [5.74, 6) is 0.670. The van der Waals surface area contributed by atoms with Crippen LogP contribution in [0.1, 0.15) is 60.0 Å². The number of aryl methyl sites for hydroxylation is 1. The second kappa shape index (κ2) is 15.7. The van der Waals surface area contributed by atoms with Crippen molar-refractivity contribution >= 4 is 36.9 Å². The van der Waals surface area contributed by atoms with Crippen LogP contribution in [0.15, 0.2) is 47.5 Å². The quantitative estimate of drug-likeness (QED) is 0.241. The van der Waals surface area contributed by atoms with Gasteiger partial charge in [-0.1, -0.05) is 13.0 Å². The van der Waals surface area contributed by atoms with Crippen LogP contribution in [0.3, 0.4) is 0 Å². The van der Waals surface area contributed by atoms with Crippen molar-refractivity contribution in [1.29, 1.82) is 0 Å². The van der Waals surface area contributed by atoms with Crippen molar-refractivity contribution in [2.75, 3.05) is 59.7 Å². The summed E-state index contributed by atoms with van der Waals surface area (Å²) in [6.07, 6.45) is 7.20. The molecule has 3 heterocycles. The number of carbonyl (C=O) groups excluding carboxylic acids is 1. The Morgan fingerprint density at radius 1 is 1.07 bits per heavy atom. The lowest BCUT2D eigenvalue weighted by atomic mass is 9.89. The van der Waals surface area contributed by atoms with Gasteiger partial charge >= 0.3 is 0 Å². The van der Waals surface area contributed by atoms with Crippen molar-refractivity contribution < 1.29 is 26.4 Å². The van der Waals surface area contributed by atoms with E-state index in [-0.39, 0.29) is 22.1 Å². The number of carbonyl (C=O) groups is 1. The van der Waals surface area contributed by atoms with E-state index < -0.39 is 20.0 Å². The number of piperidine rings is 1. The molecule has 1 atom stereocenters. The first-order valence-corrected chi connectivity index (χ1v) is 19.0. The number of likely N-dealkylation sites (N-methyl/N-ethyl adjacent to an activating group) is 1. The average Bonchev–Trinajstić information content (AvgIpc) is 3.69. The number of ether oxygens (including phenoxy) is 1. The summed E-state index contributed by atoms with van der Waals surface area (Å²) in [6, 6.07) is 10.6. The number of hydrogen-bond acceptors (Lipinski definition) is 8. The number of H-pyrrole nitrogens is 1. The number of nitrogens with one attached hydrogen (secondary N) is 3. The number of hydrogen-bond donors (Lipinski definition) is 4. The van der Waals surface area contributed by atoms with Gasteiger partial charge in [0.15, 0.2) is 0 Å². The Hall–Kier alpha value is -3.01. The summed E-state index contributed by atoms with van der Waals surface area (Å²) in [4.78, 5) is 20.4. The highest BCUT2D eigenvalue weighted by Crippen LogP contribution is 2.33. The van der Waals surface area contributed by atoms with Gasteiger partial charge in [0.2, 0.25) is 20.0 Å². The van der Waals surface area contributed by atoms with E-state index in [0.29, 0.717) is 30.7 Å². The molecule has 1 unspecified atom stereocenters. The van der Waals surface area contributed by atoms with Gasteiger partial charge in [-0.05, 0) is 120 Å². The maximum absolute atomic E-state index is 12.4. The van der Waals surface area contributed by atoms with Crippen molar-refractivity contribution in [2.24, 2.45) is 5.14 Å². The fourth-order valence-corrected chi connectivity index (χ4v) is 7.49. The van der Waals surface area contributed by atoms with E-state index in [9.17, 15) is 21.6 Å². The first-order valence-electron chi connectivity index (χ1n) is 15.8. The number of fused-ring (bicyclic) bond motifs is 1. The molecule has 46 heavy (non-hydrogen) atoms. The number of amides is 1. The molecule has 0 radical (unpaired) electrons. The van der Waals surface area contributed by atoms with Gasteiger partial charge in [-0.25, -0.2) is 26.7 Å². The zero-order valence-electron chi connectivity index (χ0n) is 27.2. The Kier molecular flexibility index (Phi) is 12.2. The van der Waals surface area contributed by atoms with Crippen LogP contribution in [0.2, 0.25) is 0 Å². The molecule has 254 valence electrons. The maximum Gasteiger partial charge on any atom is 0.255 e. The molecule has 5 rings (SSSR count). The highest BCUT2D eigenvalue weighted by atomic mass is 32.2. The zero-order valence-corrected chi connectivity index (χ0v) is 28.8. The Labute approximate surface area is 273 Å². The minimum atomic E-state index is -3.87. The van der Waals surface area contributed by atoms with Crippen molar-refractivity contribution in [3.63, 3.8) is 0 Å². The van der Waals surface area contributed by atoms with Crippen molar-refractivity contribution in [3.8, 4) is 5.75 Å². The monoisotopic (exact) mass is 676 g/mol. The van der Waals surface area contributed by atoms with Crippen LogP contribution in [0.5, 0.6) is 5.75 Å². The molecular weight excluding hydrogens is 629 g/mol. The highest BCUT2D eigenvalue weighted by Gasteiger charge is 2.25. The molecule has 2 fully saturated rings. The number of likely N-dealkylation sites (tertiary alicyclic amines) is 2. The molecule has 1 aromatic heterocycles. The third kappa shape index (κ3) is 9.29. The maximum atomic E-state index is 12.4. The number of nitrogens with two attached hydrogens (primary N) is 1. The molecule has 2 aliphatic heterocycles. The smallest absolute Gasteiger partial charge is 0.255 e. The summed E-state index contributed by atoms with van der Waals surface area (Å²) in [5.41, 5.74) is 3.76. The van der Waals surface area contributed by atoms with E-state index in [4.69, 9.17) is 9.88 Å². The molecule has 2 aromatic carbocycles. The van der Waals surface area contributed by atoms with Crippen LogP contribution in [-0.4, -0.2) is 103 Å². The molecule has 5 N–H and O–H groups in total. The summed E-state index contributed by atoms with van der Waals surface area (Å²) in [5, 5.41) is 9.23. The number of methoxy groups -OCH3 is 1. The number of nitrogens with zero attached hydrogens (tertiary/aromatic N) is 2. The second-order valence-electron chi connectivity index (χ2n) is 12.0. The predicted octanol–water partition coefficient (Wildman–Crippen LogP) is 2.63. The Morgan fingerprint density at radius 2 is 1.80 bits per heavy atom. The molecule has 3 aromatic rings. The van der Waals surface area contributed by atoms with E-state index in [1.54, 1.807) is 0 Å². The molecule has 0 spiro atoms. The fraction of sp³-hybridized carbons (Fsp3) is 0.531. The molecular formula is C32H48N6O6S2. The SMILES string of the molecule is CCN1CCCC1CNC(=O)c1cc(S(N)(=O)=O)ccc1OC.CNS(=O)(=O)CCc1ccc2[nH]cc(C3CCN(C)CC3)c2c1. The van der Waals surface area contributed by atoms with Crippen LogP contribution in [-0.2, 0) is 26.5 Å². The lowest BCUT2D eigenvalue weighted by Gasteiger charge is -2.28. The van der Waals surface area contributed by atoms with Crippen LogP contribution in [0.4, 0.5) is 0 Å².